The maximum absolute atomic E-state index is 12.0. The number of aryl methyl sites for hydroxylation is 1. The lowest BCUT2D eigenvalue weighted by Crippen LogP contribution is -2.25. The third-order valence-corrected chi connectivity index (χ3v) is 5.47. The number of hydrogen-bond donors (Lipinski definition) is 2. The van der Waals surface area contributed by atoms with Crippen LogP contribution in [0.25, 0.3) is 16.7 Å². The zero-order chi connectivity index (χ0) is 22.5. The van der Waals surface area contributed by atoms with Gasteiger partial charge >= 0.3 is 0 Å². The van der Waals surface area contributed by atoms with E-state index in [0.29, 0.717) is 42.5 Å². The Morgan fingerprint density at radius 3 is 2.72 bits per heavy atom. The molecule has 0 spiro atoms. The van der Waals surface area contributed by atoms with Crippen LogP contribution in [0.5, 0.6) is 11.5 Å². The summed E-state index contributed by atoms with van der Waals surface area (Å²) >= 11 is 0. The first kappa shape index (κ1) is 21.6. The zero-order valence-corrected chi connectivity index (χ0v) is 18.6. The van der Waals surface area contributed by atoms with E-state index in [1.807, 2.05) is 29.5 Å². The Bertz CT molecular complexity index is 1200. The van der Waals surface area contributed by atoms with E-state index in [0.717, 1.165) is 36.1 Å². The van der Waals surface area contributed by atoms with Crippen LogP contribution in [0.4, 0.5) is 5.82 Å². The van der Waals surface area contributed by atoms with E-state index in [9.17, 15) is 4.79 Å². The van der Waals surface area contributed by atoms with Crippen molar-refractivity contribution in [2.45, 2.75) is 32.6 Å². The fraction of sp³-hybridized carbons (Fsp3) is 0.391. The minimum absolute atomic E-state index is 0.0816. The topological polar surface area (TPSA) is 103 Å². The first-order valence-electron chi connectivity index (χ1n) is 10.7. The molecule has 9 heteroatoms. The first-order chi connectivity index (χ1) is 15.6. The van der Waals surface area contributed by atoms with Gasteiger partial charge in [0.15, 0.2) is 17.3 Å². The molecule has 1 aliphatic carbocycles. The summed E-state index contributed by atoms with van der Waals surface area (Å²) in [6, 6.07) is 3.72. The van der Waals surface area contributed by atoms with Crippen LogP contribution in [-0.2, 0) is 4.79 Å². The van der Waals surface area contributed by atoms with Crippen molar-refractivity contribution in [2.75, 3.05) is 32.6 Å². The molecule has 1 aliphatic rings. The van der Waals surface area contributed by atoms with E-state index in [1.165, 1.54) is 5.57 Å². The van der Waals surface area contributed by atoms with Gasteiger partial charge in [0.25, 0.3) is 0 Å². The number of carbonyl (C=O) groups is 1. The smallest absolute Gasteiger partial charge is 0.220 e. The van der Waals surface area contributed by atoms with E-state index in [4.69, 9.17) is 14.5 Å². The maximum Gasteiger partial charge on any atom is 0.220 e. The highest BCUT2D eigenvalue weighted by molar-refractivity contribution is 5.86. The summed E-state index contributed by atoms with van der Waals surface area (Å²) in [5, 5.41) is 14.9. The summed E-state index contributed by atoms with van der Waals surface area (Å²) in [5.41, 5.74) is 3.48. The van der Waals surface area contributed by atoms with Gasteiger partial charge in [0.1, 0.15) is 5.82 Å². The Morgan fingerprint density at radius 1 is 1.16 bits per heavy atom. The third-order valence-electron chi connectivity index (χ3n) is 5.47. The van der Waals surface area contributed by atoms with Gasteiger partial charge in [-0.1, -0.05) is 18.2 Å². The molecule has 1 aromatic carbocycles. The van der Waals surface area contributed by atoms with Crippen molar-refractivity contribution in [3.63, 3.8) is 0 Å². The number of rotatable bonds is 10. The average Bonchev–Trinajstić information content (AvgIpc) is 3.46. The first-order valence-corrected chi connectivity index (χ1v) is 10.7. The normalized spacial score (nSPS) is 12.9. The number of nitrogens with zero attached hydrogens (tertiary/aromatic N) is 4. The molecule has 0 atom stereocenters. The molecule has 2 aromatic heterocycles. The minimum atomic E-state index is 0.0816. The Labute approximate surface area is 186 Å². The molecule has 2 N–H and O–H groups in total. The van der Waals surface area contributed by atoms with Crippen molar-refractivity contribution in [1.82, 2.24) is 24.9 Å². The zero-order valence-electron chi connectivity index (χ0n) is 18.6. The number of amides is 1. The molecule has 0 radical (unpaired) electrons. The summed E-state index contributed by atoms with van der Waals surface area (Å²) in [7, 11) is 3.20. The van der Waals surface area contributed by atoms with Crippen LogP contribution in [0.2, 0.25) is 0 Å². The predicted octanol–water partition coefficient (Wildman–Crippen LogP) is 3.19. The van der Waals surface area contributed by atoms with Crippen molar-refractivity contribution in [3.05, 3.63) is 41.8 Å². The van der Waals surface area contributed by atoms with Crippen molar-refractivity contribution < 1.29 is 14.3 Å². The summed E-state index contributed by atoms with van der Waals surface area (Å²) < 4.78 is 12.8. The monoisotopic (exact) mass is 436 g/mol. The van der Waals surface area contributed by atoms with Gasteiger partial charge in [-0.15, -0.1) is 10.2 Å². The molecule has 0 fully saturated rings. The SMILES string of the molecule is COc1cc2nc(NCCCCC(=O)NCC3=CC=CC3)c3nnc(C)n3c2cc1OC. The summed E-state index contributed by atoms with van der Waals surface area (Å²) in [5.74, 6) is 2.72. The summed E-state index contributed by atoms with van der Waals surface area (Å²) in [4.78, 5) is 16.8. The fourth-order valence-electron chi connectivity index (χ4n) is 3.76. The van der Waals surface area contributed by atoms with Gasteiger partial charge in [-0.3, -0.25) is 9.20 Å². The fourth-order valence-corrected chi connectivity index (χ4v) is 3.76. The van der Waals surface area contributed by atoms with E-state index < -0.39 is 0 Å². The highest BCUT2D eigenvalue weighted by Gasteiger charge is 2.16. The van der Waals surface area contributed by atoms with Gasteiger partial charge in [0.2, 0.25) is 11.6 Å². The second-order valence-corrected chi connectivity index (χ2v) is 7.68. The van der Waals surface area contributed by atoms with Crippen molar-refractivity contribution in [1.29, 1.82) is 0 Å². The molecule has 4 rings (SSSR count). The minimum Gasteiger partial charge on any atom is -0.493 e. The Morgan fingerprint density at radius 2 is 1.97 bits per heavy atom. The van der Waals surface area contributed by atoms with Crippen LogP contribution in [0, 0.1) is 6.92 Å². The number of benzene rings is 1. The van der Waals surface area contributed by atoms with E-state index in [1.54, 1.807) is 14.2 Å². The maximum atomic E-state index is 12.0. The highest BCUT2D eigenvalue weighted by atomic mass is 16.5. The van der Waals surface area contributed by atoms with Crippen LogP contribution in [0.15, 0.2) is 35.9 Å². The Hall–Kier alpha value is -3.62. The van der Waals surface area contributed by atoms with E-state index in [-0.39, 0.29) is 5.91 Å². The molecule has 32 heavy (non-hydrogen) atoms. The van der Waals surface area contributed by atoms with Crippen molar-refractivity contribution in [3.8, 4) is 11.5 Å². The van der Waals surface area contributed by atoms with Gasteiger partial charge in [0.05, 0.1) is 25.3 Å². The molecule has 0 unspecified atom stereocenters. The van der Waals surface area contributed by atoms with E-state index in [2.05, 4.69) is 33.0 Å². The van der Waals surface area contributed by atoms with Crippen LogP contribution < -0.4 is 20.1 Å². The lowest BCUT2D eigenvalue weighted by atomic mass is 10.2. The lowest BCUT2D eigenvalue weighted by molar-refractivity contribution is -0.121. The van der Waals surface area contributed by atoms with Gasteiger partial charge in [-0.05, 0) is 31.8 Å². The summed E-state index contributed by atoms with van der Waals surface area (Å²) in [6.07, 6.45) is 9.23. The highest BCUT2D eigenvalue weighted by Crippen LogP contribution is 2.33. The number of aromatic nitrogens is 4. The second-order valence-electron chi connectivity index (χ2n) is 7.68. The molecule has 0 bridgehead atoms. The van der Waals surface area contributed by atoms with Crippen LogP contribution in [0.3, 0.4) is 0 Å². The molecule has 0 saturated carbocycles. The Kier molecular flexibility index (Phi) is 6.53. The Balaban J connectivity index is 1.39. The number of fused-ring (bicyclic) bond motifs is 3. The number of methoxy groups -OCH3 is 2. The number of hydrogen-bond acceptors (Lipinski definition) is 7. The summed E-state index contributed by atoms with van der Waals surface area (Å²) in [6.45, 7) is 3.20. The van der Waals surface area contributed by atoms with Gasteiger partial charge in [-0.25, -0.2) is 4.98 Å². The number of unbranched alkanes of at least 4 members (excludes halogenated alkanes) is 1. The number of carbonyl (C=O) groups excluding carboxylic acids is 1. The standard InChI is InChI=1S/C23H28N6O3/c1-15-27-28-23-22(24-11-7-6-10-21(30)25-14-16-8-4-5-9-16)26-17-12-19(31-2)20(32-3)13-18(17)29(15)23/h4-5,8,12-13H,6-7,9-11,14H2,1-3H3,(H,24,26)(H,25,30). The molecule has 1 amide bonds. The largest absolute Gasteiger partial charge is 0.493 e. The molecule has 0 aliphatic heterocycles. The van der Waals surface area contributed by atoms with Gasteiger partial charge < -0.3 is 20.1 Å². The number of anilines is 1. The van der Waals surface area contributed by atoms with Crippen LogP contribution >= 0.6 is 0 Å². The van der Waals surface area contributed by atoms with Gasteiger partial charge in [0, 0.05) is 31.6 Å². The predicted molar refractivity (Wildman–Crippen MR) is 123 cm³/mol. The van der Waals surface area contributed by atoms with E-state index >= 15 is 0 Å². The molecule has 0 saturated heterocycles. The third kappa shape index (κ3) is 4.51. The lowest BCUT2D eigenvalue weighted by Gasteiger charge is -2.13. The second kappa shape index (κ2) is 9.67. The molecular formula is C23H28N6O3. The number of ether oxygens (including phenoxy) is 2. The van der Waals surface area contributed by atoms with Gasteiger partial charge in [-0.2, -0.15) is 0 Å². The van der Waals surface area contributed by atoms with Crippen molar-refractivity contribution in [2.24, 2.45) is 0 Å². The number of nitrogens with one attached hydrogen (secondary N) is 2. The molecule has 9 nitrogen and oxygen atoms in total. The molecule has 3 aromatic rings. The number of allylic oxidation sites excluding steroid dienone is 3. The van der Waals surface area contributed by atoms with Crippen LogP contribution in [-0.4, -0.2) is 52.8 Å². The molecule has 168 valence electrons. The molecule has 2 heterocycles. The molecular weight excluding hydrogens is 408 g/mol. The van der Waals surface area contributed by atoms with Crippen LogP contribution in [0.1, 0.15) is 31.5 Å². The average molecular weight is 437 g/mol. The quantitative estimate of drug-likeness (QED) is 0.471. The van der Waals surface area contributed by atoms with Crippen molar-refractivity contribution >= 4 is 28.4 Å².